The maximum Gasteiger partial charge on any atom is 0.169 e. The van der Waals surface area contributed by atoms with Crippen LogP contribution in [0.25, 0.3) is 10.9 Å². The van der Waals surface area contributed by atoms with Gasteiger partial charge in [-0.15, -0.1) is 5.10 Å². The minimum atomic E-state index is 0.312. The third-order valence-corrected chi connectivity index (χ3v) is 5.08. The molecule has 0 unspecified atom stereocenters. The average molecular weight is 344 g/mol. The topological polar surface area (TPSA) is 78.6 Å². The molecule has 26 heavy (non-hydrogen) atoms. The Hall–Kier alpha value is -3.07. The monoisotopic (exact) mass is 344 g/mol. The smallest absolute Gasteiger partial charge is 0.169 e. The van der Waals surface area contributed by atoms with Gasteiger partial charge in [0.1, 0.15) is 18.0 Å². The van der Waals surface area contributed by atoms with Crippen molar-refractivity contribution in [1.29, 1.82) is 5.26 Å². The van der Waals surface area contributed by atoms with E-state index < -0.39 is 0 Å². The summed E-state index contributed by atoms with van der Waals surface area (Å²) in [6, 6.07) is 10.4. The SMILES string of the molecule is CCc1nnc(N2CC(c3ncnc4ccccc34)C2)c(C#N)c1CC. The second-order valence-electron chi connectivity index (χ2n) is 6.52. The highest BCUT2D eigenvalue weighted by Crippen LogP contribution is 2.35. The maximum atomic E-state index is 9.68. The van der Waals surface area contributed by atoms with Gasteiger partial charge in [-0.3, -0.25) is 0 Å². The summed E-state index contributed by atoms with van der Waals surface area (Å²) in [6.07, 6.45) is 3.22. The van der Waals surface area contributed by atoms with Gasteiger partial charge in [0.05, 0.1) is 16.9 Å². The molecule has 3 heterocycles. The zero-order valence-electron chi connectivity index (χ0n) is 15.0. The van der Waals surface area contributed by atoms with Crippen molar-refractivity contribution < 1.29 is 0 Å². The van der Waals surface area contributed by atoms with Crippen LogP contribution in [-0.2, 0) is 12.8 Å². The van der Waals surface area contributed by atoms with E-state index in [1.807, 2.05) is 25.1 Å². The molecule has 1 saturated heterocycles. The summed E-state index contributed by atoms with van der Waals surface area (Å²) in [5, 5.41) is 19.5. The summed E-state index contributed by atoms with van der Waals surface area (Å²) in [4.78, 5) is 11.0. The number of aromatic nitrogens is 4. The molecule has 0 N–H and O–H groups in total. The van der Waals surface area contributed by atoms with E-state index in [1.165, 1.54) is 0 Å². The van der Waals surface area contributed by atoms with E-state index in [1.54, 1.807) is 6.33 Å². The van der Waals surface area contributed by atoms with E-state index >= 15 is 0 Å². The molecular formula is C20H20N6. The Labute approximate surface area is 152 Å². The van der Waals surface area contributed by atoms with Crippen molar-refractivity contribution in [2.75, 3.05) is 18.0 Å². The molecule has 6 heteroatoms. The highest BCUT2D eigenvalue weighted by molar-refractivity contribution is 5.81. The minimum absolute atomic E-state index is 0.312. The number of hydrogen-bond donors (Lipinski definition) is 0. The Morgan fingerprint density at radius 1 is 1.12 bits per heavy atom. The Morgan fingerprint density at radius 3 is 2.65 bits per heavy atom. The molecule has 1 aliphatic heterocycles. The molecule has 4 rings (SSSR count). The summed E-state index contributed by atoms with van der Waals surface area (Å²) >= 11 is 0. The van der Waals surface area contributed by atoms with Gasteiger partial charge >= 0.3 is 0 Å². The molecule has 1 fully saturated rings. The second-order valence-corrected chi connectivity index (χ2v) is 6.52. The van der Waals surface area contributed by atoms with Crippen LogP contribution in [0.5, 0.6) is 0 Å². The van der Waals surface area contributed by atoms with Crippen LogP contribution in [0.2, 0.25) is 0 Å². The molecule has 0 saturated carbocycles. The van der Waals surface area contributed by atoms with E-state index in [2.05, 4.69) is 44.1 Å². The van der Waals surface area contributed by atoms with Crippen molar-refractivity contribution in [3.63, 3.8) is 0 Å². The first kappa shape index (κ1) is 16.4. The minimum Gasteiger partial charge on any atom is -0.353 e. The van der Waals surface area contributed by atoms with E-state index in [-0.39, 0.29) is 0 Å². The number of fused-ring (bicyclic) bond motifs is 1. The number of para-hydroxylation sites is 1. The zero-order valence-corrected chi connectivity index (χ0v) is 15.0. The van der Waals surface area contributed by atoms with E-state index in [9.17, 15) is 5.26 Å². The number of hydrogen-bond acceptors (Lipinski definition) is 6. The molecule has 0 radical (unpaired) electrons. The summed E-state index contributed by atoms with van der Waals surface area (Å²) < 4.78 is 0. The van der Waals surface area contributed by atoms with Gasteiger partial charge in [0.2, 0.25) is 0 Å². The predicted octanol–water partition coefficient (Wildman–Crippen LogP) is 3.02. The lowest BCUT2D eigenvalue weighted by molar-refractivity contribution is 0.508. The Kier molecular flexibility index (Phi) is 4.21. The lowest BCUT2D eigenvalue weighted by Gasteiger charge is -2.40. The summed E-state index contributed by atoms with van der Waals surface area (Å²) in [5.41, 5.74) is 4.65. The molecule has 0 spiro atoms. The van der Waals surface area contributed by atoms with Crippen LogP contribution in [0.1, 0.15) is 42.3 Å². The van der Waals surface area contributed by atoms with Gasteiger partial charge < -0.3 is 4.90 Å². The number of rotatable bonds is 4. The first-order chi connectivity index (χ1) is 12.8. The van der Waals surface area contributed by atoms with Crippen molar-refractivity contribution in [3.05, 3.63) is 53.1 Å². The highest BCUT2D eigenvalue weighted by Gasteiger charge is 2.33. The summed E-state index contributed by atoms with van der Waals surface area (Å²) in [7, 11) is 0. The summed E-state index contributed by atoms with van der Waals surface area (Å²) in [6.45, 7) is 5.69. The van der Waals surface area contributed by atoms with E-state index in [0.29, 0.717) is 17.3 Å². The quantitative estimate of drug-likeness (QED) is 0.724. The molecule has 1 aliphatic rings. The molecular weight excluding hydrogens is 324 g/mol. The number of nitrogens with zero attached hydrogens (tertiary/aromatic N) is 6. The molecule has 0 atom stereocenters. The Morgan fingerprint density at radius 2 is 1.92 bits per heavy atom. The van der Waals surface area contributed by atoms with Crippen LogP contribution in [0.3, 0.4) is 0 Å². The number of nitriles is 1. The standard InChI is InChI=1S/C20H20N6/c1-3-14-16(9-21)20(25-24-17(14)4-2)26-10-13(11-26)19-15-7-5-6-8-18(15)22-12-23-19/h5-8,12-13H,3-4,10-11H2,1-2H3. The summed E-state index contributed by atoms with van der Waals surface area (Å²) in [5.74, 6) is 1.02. The molecule has 1 aromatic carbocycles. The lowest BCUT2D eigenvalue weighted by atomic mass is 9.92. The van der Waals surface area contributed by atoms with Crippen LogP contribution in [-0.4, -0.2) is 33.3 Å². The van der Waals surface area contributed by atoms with Gasteiger partial charge in [-0.1, -0.05) is 32.0 Å². The predicted molar refractivity (Wildman–Crippen MR) is 100.0 cm³/mol. The van der Waals surface area contributed by atoms with Gasteiger partial charge in [-0.05, 0) is 24.5 Å². The Bertz CT molecular complexity index is 996. The van der Waals surface area contributed by atoms with Crippen LogP contribution in [0, 0.1) is 11.3 Å². The number of benzene rings is 1. The molecule has 3 aromatic rings. The number of anilines is 1. The fourth-order valence-corrected chi connectivity index (χ4v) is 3.68. The molecule has 0 amide bonds. The molecule has 130 valence electrons. The van der Waals surface area contributed by atoms with Crippen molar-refractivity contribution in [2.24, 2.45) is 0 Å². The van der Waals surface area contributed by atoms with E-state index in [4.69, 9.17) is 0 Å². The lowest BCUT2D eigenvalue weighted by Crippen LogP contribution is -2.46. The van der Waals surface area contributed by atoms with Gasteiger partial charge in [0.15, 0.2) is 5.82 Å². The molecule has 0 aliphatic carbocycles. The van der Waals surface area contributed by atoms with E-state index in [0.717, 1.165) is 53.8 Å². The fraction of sp³-hybridized carbons (Fsp3) is 0.350. The largest absolute Gasteiger partial charge is 0.353 e. The zero-order chi connectivity index (χ0) is 18.1. The van der Waals surface area contributed by atoms with Crippen LogP contribution >= 0.6 is 0 Å². The first-order valence-electron chi connectivity index (χ1n) is 8.99. The second kappa shape index (κ2) is 6.68. The first-order valence-corrected chi connectivity index (χ1v) is 8.99. The van der Waals surface area contributed by atoms with Crippen molar-refractivity contribution in [3.8, 4) is 6.07 Å². The fourth-order valence-electron chi connectivity index (χ4n) is 3.68. The van der Waals surface area contributed by atoms with Crippen LogP contribution in [0.15, 0.2) is 30.6 Å². The molecule has 0 bridgehead atoms. The van der Waals surface area contributed by atoms with Crippen molar-refractivity contribution >= 4 is 16.7 Å². The van der Waals surface area contributed by atoms with Gasteiger partial charge in [-0.25, -0.2) is 9.97 Å². The van der Waals surface area contributed by atoms with Gasteiger partial charge in [-0.2, -0.15) is 10.4 Å². The molecule has 2 aromatic heterocycles. The highest BCUT2D eigenvalue weighted by atomic mass is 15.3. The normalized spacial score (nSPS) is 14.3. The van der Waals surface area contributed by atoms with Gasteiger partial charge in [0, 0.05) is 24.4 Å². The Balaban J connectivity index is 1.63. The van der Waals surface area contributed by atoms with Crippen molar-refractivity contribution in [1.82, 2.24) is 20.2 Å². The number of aryl methyl sites for hydroxylation is 1. The average Bonchev–Trinajstić information content (AvgIpc) is 2.66. The van der Waals surface area contributed by atoms with Gasteiger partial charge in [0.25, 0.3) is 0 Å². The van der Waals surface area contributed by atoms with Crippen LogP contribution in [0.4, 0.5) is 5.82 Å². The maximum absolute atomic E-state index is 9.68. The molecule has 6 nitrogen and oxygen atoms in total. The third kappa shape index (κ3) is 2.57. The third-order valence-electron chi connectivity index (χ3n) is 5.08. The van der Waals surface area contributed by atoms with Crippen molar-refractivity contribution in [2.45, 2.75) is 32.6 Å². The van der Waals surface area contributed by atoms with Crippen LogP contribution < -0.4 is 4.90 Å².